The largest absolute Gasteiger partial charge is 0.469 e. The van der Waals surface area contributed by atoms with Gasteiger partial charge in [-0.15, -0.1) is 0 Å². The molecule has 5 heteroatoms. The molecule has 0 amide bonds. The first-order chi connectivity index (χ1) is 3.12. The lowest BCUT2D eigenvalue weighted by molar-refractivity contribution is 0.235. The summed E-state index contributed by atoms with van der Waals surface area (Å²) in [5.41, 5.74) is 0. The van der Waals surface area contributed by atoms with Gasteiger partial charge in [0.15, 0.2) is 0 Å². The maximum atomic E-state index is 9.88. The first kappa shape index (κ1) is 4.27. The molecule has 1 unspecified atom stereocenters. The highest BCUT2D eigenvalue weighted by Gasteiger charge is 2.07. The van der Waals surface area contributed by atoms with Crippen LogP contribution in [0, 0.1) is 0 Å². The molecular formula is CH5O4P. The second kappa shape index (κ2) is 1.71. The van der Waals surface area contributed by atoms with Crippen molar-refractivity contribution in [1.82, 2.24) is 0 Å². The first-order valence-electron chi connectivity index (χ1n) is 1.56. The highest BCUT2D eigenvalue weighted by molar-refractivity contribution is 7.46. The van der Waals surface area contributed by atoms with E-state index in [1.807, 2.05) is 0 Å². The first-order valence-corrected chi connectivity index (χ1v) is 2.65. The quantitative estimate of drug-likeness (QED) is 0.483. The van der Waals surface area contributed by atoms with Crippen LogP contribution in [0.25, 0.3) is 0 Å². The number of hydrogen-bond donors (Lipinski definition) is 2. The maximum absolute atomic E-state index is 9.88. The Kier molecular flexibility index (Phi) is 1.22. The van der Waals surface area contributed by atoms with Crippen LogP contribution in [0.1, 0.15) is 0 Å². The van der Waals surface area contributed by atoms with E-state index in [-0.39, 0.29) is 0 Å². The minimum atomic E-state index is -3.99. The molecule has 0 aromatic heterocycles. The smallest absolute Gasteiger partial charge is 0.303 e. The highest BCUT2D eigenvalue weighted by Crippen LogP contribution is 2.33. The van der Waals surface area contributed by atoms with Crippen LogP contribution < -0.4 is 0 Å². The lowest BCUT2D eigenvalue weighted by Gasteiger charge is -1.93. The summed E-state index contributed by atoms with van der Waals surface area (Å²) >= 11 is 0. The minimum absolute atomic E-state index is 0.981. The lowest BCUT2D eigenvalue weighted by atomic mass is 11.8. The van der Waals surface area contributed by atoms with Gasteiger partial charge in [0, 0.05) is 7.11 Å². The van der Waals surface area contributed by atoms with E-state index in [2.05, 4.69) is 9.42 Å². The fourth-order valence-electron chi connectivity index (χ4n) is 0. The van der Waals surface area contributed by atoms with Gasteiger partial charge in [-0.1, -0.05) is 0 Å². The normalized spacial score (nSPS) is 22.0. The van der Waals surface area contributed by atoms with Crippen molar-refractivity contribution < 1.29 is 18.9 Å². The van der Waals surface area contributed by atoms with Gasteiger partial charge in [-0.2, -0.15) is 0 Å². The molecule has 0 fully saturated rings. The van der Waals surface area contributed by atoms with Gasteiger partial charge in [-0.25, -0.2) is 4.57 Å². The Bertz CT molecular complexity index is 83.7. The van der Waals surface area contributed by atoms with E-state index in [4.69, 9.17) is 6.32 Å². The Morgan fingerprint density at radius 3 is 2.67 bits per heavy atom. The van der Waals surface area contributed by atoms with E-state index in [0.29, 0.717) is 0 Å². The van der Waals surface area contributed by atoms with E-state index >= 15 is 0 Å². The monoisotopic (exact) mass is 113 g/mol. The summed E-state index contributed by atoms with van der Waals surface area (Å²) in [7, 11) is -3.01. The molecule has 0 aliphatic carbocycles. The highest BCUT2D eigenvalue weighted by atomic mass is 31.2. The third-order valence-corrected chi connectivity index (χ3v) is 0.692. The number of hydrogen-bond acceptors (Lipinski definition) is 3. The number of phosphoric acid groups is 1. The van der Waals surface area contributed by atoms with Crippen molar-refractivity contribution in [2.24, 2.45) is 0 Å². The summed E-state index contributed by atoms with van der Waals surface area (Å²) < 4.78 is 19.5. The van der Waals surface area contributed by atoms with Gasteiger partial charge < -0.3 is 9.79 Å². The molecule has 38 valence electrons. The SMILES string of the molecule is [2H]OP(=O)(O)OC. The van der Waals surface area contributed by atoms with Crippen LogP contribution >= 0.6 is 7.82 Å². The predicted molar refractivity (Wildman–Crippen MR) is 19.1 cm³/mol. The molecule has 0 aliphatic heterocycles. The maximum Gasteiger partial charge on any atom is 0.469 e. The molecule has 0 heterocycles. The van der Waals surface area contributed by atoms with Crippen LogP contribution in [0.2, 0.25) is 0 Å². The van der Waals surface area contributed by atoms with Crippen LogP contribution in [-0.2, 0) is 9.09 Å². The summed E-state index contributed by atoms with van der Waals surface area (Å²) in [6.45, 7) is 0. The molecule has 0 bridgehead atoms. The van der Waals surface area contributed by atoms with Gasteiger partial charge in [0.25, 0.3) is 0 Å². The standard InChI is InChI=1S/CH5O4P/c1-5-6(2,3)4/h1H3,(H2,2,3,4)/i/hD. The molecule has 0 saturated carbocycles. The molecule has 2 N–H and O–H groups in total. The average molecular weight is 113 g/mol. The van der Waals surface area contributed by atoms with Gasteiger partial charge in [-0.05, 0) is 0 Å². The van der Waals surface area contributed by atoms with Gasteiger partial charge in [0.05, 0.1) is 0 Å². The van der Waals surface area contributed by atoms with Crippen LogP contribution in [0.15, 0.2) is 0 Å². The Balaban J connectivity index is 3.61. The van der Waals surface area contributed by atoms with Crippen molar-refractivity contribution in [3.63, 3.8) is 0 Å². The van der Waals surface area contributed by atoms with Crippen molar-refractivity contribution in [1.29, 1.82) is 1.43 Å². The molecule has 0 aliphatic rings. The van der Waals surface area contributed by atoms with E-state index in [0.717, 1.165) is 7.11 Å². The van der Waals surface area contributed by atoms with Crippen molar-refractivity contribution >= 4 is 7.82 Å². The zero-order chi connectivity index (χ0) is 5.91. The molecule has 0 spiro atoms. The summed E-state index contributed by atoms with van der Waals surface area (Å²) in [5.74, 6) is 0. The molecule has 4 nitrogen and oxygen atoms in total. The van der Waals surface area contributed by atoms with Crippen molar-refractivity contribution in [3.8, 4) is 0 Å². The molecule has 0 aromatic carbocycles. The van der Waals surface area contributed by atoms with Gasteiger partial charge in [0.1, 0.15) is 0 Å². The second-order valence-corrected chi connectivity index (χ2v) is 1.95. The van der Waals surface area contributed by atoms with Crippen LogP contribution in [-0.4, -0.2) is 18.3 Å². The van der Waals surface area contributed by atoms with Crippen LogP contribution in [0.5, 0.6) is 0 Å². The molecule has 0 saturated heterocycles. The molecule has 0 radical (unpaired) electrons. The summed E-state index contributed by atoms with van der Waals surface area (Å²) in [6, 6.07) is 0. The Morgan fingerprint density at radius 2 is 2.67 bits per heavy atom. The second-order valence-electron chi connectivity index (χ2n) is 0.651. The zero-order valence-corrected chi connectivity index (χ0v) is 4.01. The topological polar surface area (TPSA) is 66.8 Å². The third-order valence-electron chi connectivity index (χ3n) is 0.231. The number of rotatable bonds is 2. The molecule has 0 aromatic rings. The van der Waals surface area contributed by atoms with Gasteiger partial charge in [0.2, 0.25) is 1.43 Å². The summed E-state index contributed by atoms with van der Waals surface area (Å²) in [6.07, 6.45) is 0. The van der Waals surface area contributed by atoms with Crippen molar-refractivity contribution in [3.05, 3.63) is 0 Å². The molecule has 6 heavy (non-hydrogen) atoms. The minimum Gasteiger partial charge on any atom is -0.303 e. The molecule has 1 atom stereocenters. The Labute approximate surface area is 36.5 Å². The predicted octanol–water partition coefficient (Wildman–Crippen LogP) is -0.274. The zero-order valence-electron chi connectivity index (χ0n) is 4.12. The van der Waals surface area contributed by atoms with Crippen molar-refractivity contribution in [2.45, 2.75) is 0 Å². The number of phosphoric ester groups is 1. The molecule has 0 rings (SSSR count). The van der Waals surface area contributed by atoms with Gasteiger partial charge >= 0.3 is 7.82 Å². The third kappa shape index (κ3) is 4.11. The van der Waals surface area contributed by atoms with E-state index < -0.39 is 7.82 Å². The fraction of sp³-hybridized carbons (Fsp3) is 1.00. The van der Waals surface area contributed by atoms with E-state index in [1.54, 1.807) is 0 Å². The summed E-state index contributed by atoms with van der Waals surface area (Å²) in [5, 5.41) is 0. The Hall–Kier alpha value is 0.110. The van der Waals surface area contributed by atoms with E-state index in [1.165, 1.54) is 0 Å². The van der Waals surface area contributed by atoms with E-state index in [9.17, 15) is 4.57 Å². The van der Waals surface area contributed by atoms with Crippen molar-refractivity contribution in [2.75, 3.05) is 7.11 Å². The van der Waals surface area contributed by atoms with Gasteiger partial charge in [-0.3, -0.25) is 4.52 Å². The van der Waals surface area contributed by atoms with Crippen LogP contribution in [0.4, 0.5) is 0 Å². The lowest BCUT2D eigenvalue weighted by Crippen LogP contribution is -1.76. The average Bonchev–Trinajstić information content (AvgIpc) is 1.68. The van der Waals surface area contributed by atoms with Crippen LogP contribution in [0.3, 0.4) is 0 Å². The fourth-order valence-corrected chi connectivity index (χ4v) is 0. The summed E-state index contributed by atoms with van der Waals surface area (Å²) in [4.78, 5) is 11.3. The molecular weight excluding hydrogens is 107 g/mol. The Morgan fingerprint density at radius 1 is 2.17 bits per heavy atom.